The summed E-state index contributed by atoms with van der Waals surface area (Å²) in [5.41, 5.74) is 1.60. The Balaban J connectivity index is 2.13. The van der Waals surface area contributed by atoms with Crippen molar-refractivity contribution in [2.45, 2.75) is 32.2 Å². The average Bonchev–Trinajstić information content (AvgIpc) is 2.53. The fourth-order valence-corrected chi connectivity index (χ4v) is 2.07. The quantitative estimate of drug-likeness (QED) is 0.590. The summed E-state index contributed by atoms with van der Waals surface area (Å²) in [7, 11) is 0. The molecule has 1 aliphatic heterocycles. The number of allylic oxidation sites excluding steroid dienone is 2. The number of hydrogen-bond donors (Lipinski definition) is 0. The normalized spacial score (nSPS) is 31.9. The topological polar surface area (TPSA) is 12.4 Å². The molecule has 0 amide bonds. The first-order valence-electron chi connectivity index (χ1n) is 4.80. The van der Waals surface area contributed by atoms with Gasteiger partial charge in [-0.2, -0.15) is 0 Å². The van der Waals surface area contributed by atoms with Crippen molar-refractivity contribution < 1.29 is 0 Å². The lowest BCUT2D eigenvalue weighted by atomic mass is 9.85. The van der Waals surface area contributed by atoms with Gasteiger partial charge >= 0.3 is 0 Å². The van der Waals surface area contributed by atoms with Crippen LogP contribution < -0.4 is 0 Å². The van der Waals surface area contributed by atoms with Crippen molar-refractivity contribution in [2.75, 3.05) is 0 Å². The molecule has 0 fully saturated rings. The van der Waals surface area contributed by atoms with Crippen molar-refractivity contribution >= 4 is 6.21 Å². The molecule has 1 nitrogen and oxygen atoms in total. The second-order valence-electron chi connectivity index (χ2n) is 3.54. The first-order chi connectivity index (χ1) is 5.92. The van der Waals surface area contributed by atoms with Crippen LogP contribution in [0.25, 0.3) is 0 Å². The van der Waals surface area contributed by atoms with Crippen LogP contribution in [-0.4, -0.2) is 12.3 Å². The average molecular weight is 161 g/mol. The number of hydrogen-bond acceptors (Lipinski definition) is 1. The zero-order valence-corrected chi connectivity index (χ0v) is 7.53. The van der Waals surface area contributed by atoms with Crippen molar-refractivity contribution in [3.05, 3.63) is 23.8 Å². The van der Waals surface area contributed by atoms with Gasteiger partial charge in [-0.15, -0.1) is 0 Å². The monoisotopic (exact) mass is 161 g/mol. The molecular formula is C11H15N. The lowest BCUT2D eigenvalue weighted by Crippen LogP contribution is -2.16. The van der Waals surface area contributed by atoms with E-state index in [0.29, 0.717) is 12.0 Å². The Kier molecular flexibility index (Phi) is 2.11. The fraction of sp³-hybridized carbons (Fsp3) is 0.545. The number of rotatable bonds is 2. The molecule has 64 valence electrons. The summed E-state index contributed by atoms with van der Waals surface area (Å²) >= 11 is 0. The fourth-order valence-electron chi connectivity index (χ4n) is 2.07. The third kappa shape index (κ3) is 1.24. The second kappa shape index (κ2) is 3.26. The van der Waals surface area contributed by atoms with Crippen LogP contribution in [0.5, 0.6) is 0 Å². The van der Waals surface area contributed by atoms with Crippen LogP contribution in [0.3, 0.4) is 0 Å². The van der Waals surface area contributed by atoms with Crippen molar-refractivity contribution in [3.63, 3.8) is 0 Å². The Bertz CT molecular complexity index is 248. The standard InChI is InChI=1S/C11H15N/c1-2-4-9-5-3-6-11-10(9)7-8-12-11/h3,5-6,8,10-11H,2,4,7H2,1H3. The largest absolute Gasteiger partial charge is 0.289 e. The Morgan fingerprint density at radius 1 is 1.58 bits per heavy atom. The van der Waals surface area contributed by atoms with E-state index in [0.717, 1.165) is 6.42 Å². The summed E-state index contributed by atoms with van der Waals surface area (Å²) in [6.45, 7) is 2.24. The van der Waals surface area contributed by atoms with Gasteiger partial charge in [0.25, 0.3) is 0 Å². The molecule has 2 unspecified atom stereocenters. The molecule has 0 saturated heterocycles. The first kappa shape index (κ1) is 7.78. The van der Waals surface area contributed by atoms with E-state index in [1.165, 1.54) is 12.8 Å². The third-order valence-electron chi connectivity index (χ3n) is 2.68. The van der Waals surface area contributed by atoms with Gasteiger partial charge in [0.1, 0.15) is 0 Å². The Hall–Kier alpha value is -0.850. The van der Waals surface area contributed by atoms with Crippen LogP contribution in [0.15, 0.2) is 28.8 Å². The van der Waals surface area contributed by atoms with Gasteiger partial charge in [-0.25, -0.2) is 0 Å². The molecule has 0 aromatic heterocycles. The van der Waals surface area contributed by atoms with Gasteiger partial charge in [-0.05, 0) is 12.8 Å². The van der Waals surface area contributed by atoms with Gasteiger partial charge < -0.3 is 0 Å². The maximum Gasteiger partial charge on any atom is 0.0747 e. The van der Waals surface area contributed by atoms with Gasteiger partial charge in [0.15, 0.2) is 0 Å². The zero-order valence-electron chi connectivity index (χ0n) is 7.53. The molecule has 2 rings (SSSR count). The van der Waals surface area contributed by atoms with Gasteiger partial charge in [-0.1, -0.05) is 37.1 Å². The highest BCUT2D eigenvalue weighted by Gasteiger charge is 2.26. The summed E-state index contributed by atoms with van der Waals surface area (Å²) in [5.74, 6) is 0.704. The van der Waals surface area contributed by atoms with Crippen LogP contribution in [-0.2, 0) is 0 Å². The highest BCUT2D eigenvalue weighted by molar-refractivity contribution is 5.63. The van der Waals surface area contributed by atoms with Crippen LogP contribution in [0.4, 0.5) is 0 Å². The van der Waals surface area contributed by atoms with E-state index in [4.69, 9.17) is 0 Å². The molecule has 0 radical (unpaired) electrons. The summed E-state index contributed by atoms with van der Waals surface area (Å²) in [6, 6.07) is 0.469. The molecule has 0 saturated carbocycles. The maximum atomic E-state index is 4.44. The molecule has 1 heterocycles. The minimum Gasteiger partial charge on any atom is -0.289 e. The van der Waals surface area contributed by atoms with Crippen LogP contribution in [0.2, 0.25) is 0 Å². The van der Waals surface area contributed by atoms with Crippen LogP contribution in [0, 0.1) is 5.92 Å². The van der Waals surface area contributed by atoms with E-state index in [-0.39, 0.29) is 0 Å². The Labute approximate surface area is 73.9 Å². The highest BCUT2D eigenvalue weighted by atomic mass is 14.8. The molecule has 0 aromatic rings. The van der Waals surface area contributed by atoms with E-state index < -0.39 is 0 Å². The van der Waals surface area contributed by atoms with E-state index in [1.54, 1.807) is 5.57 Å². The molecule has 0 spiro atoms. The van der Waals surface area contributed by atoms with Gasteiger partial charge in [-0.3, -0.25) is 4.99 Å². The zero-order chi connectivity index (χ0) is 8.39. The van der Waals surface area contributed by atoms with Crippen molar-refractivity contribution in [3.8, 4) is 0 Å². The predicted octanol–water partition coefficient (Wildman–Crippen LogP) is 2.74. The lowest BCUT2D eigenvalue weighted by molar-refractivity contribution is 0.572. The van der Waals surface area contributed by atoms with Gasteiger partial charge in [0.05, 0.1) is 6.04 Å². The molecular weight excluding hydrogens is 146 g/mol. The van der Waals surface area contributed by atoms with Crippen LogP contribution in [0.1, 0.15) is 26.2 Å². The van der Waals surface area contributed by atoms with Crippen molar-refractivity contribution in [2.24, 2.45) is 10.9 Å². The number of aliphatic imine (C=N–C) groups is 1. The minimum absolute atomic E-state index is 0.469. The van der Waals surface area contributed by atoms with E-state index >= 15 is 0 Å². The molecule has 2 aliphatic rings. The van der Waals surface area contributed by atoms with Gasteiger partial charge in [0.2, 0.25) is 0 Å². The number of nitrogens with zero attached hydrogens (tertiary/aromatic N) is 1. The summed E-state index contributed by atoms with van der Waals surface area (Å²) < 4.78 is 0. The van der Waals surface area contributed by atoms with Gasteiger partial charge in [0, 0.05) is 12.1 Å². The molecule has 12 heavy (non-hydrogen) atoms. The minimum atomic E-state index is 0.469. The number of fused-ring (bicyclic) bond motifs is 1. The SMILES string of the molecule is CCCC1=CC=CC2N=CCC12. The van der Waals surface area contributed by atoms with Crippen LogP contribution >= 0.6 is 0 Å². The predicted molar refractivity (Wildman–Crippen MR) is 52.5 cm³/mol. The molecule has 0 N–H and O–H groups in total. The molecule has 1 aliphatic carbocycles. The summed E-state index contributed by atoms with van der Waals surface area (Å²) in [4.78, 5) is 4.44. The molecule has 1 heteroatoms. The van der Waals surface area contributed by atoms with Crippen molar-refractivity contribution in [1.82, 2.24) is 0 Å². The molecule has 0 bridgehead atoms. The van der Waals surface area contributed by atoms with E-state index in [2.05, 4.69) is 36.4 Å². The Morgan fingerprint density at radius 2 is 2.50 bits per heavy atom. The Morgan fingerprint density at radius 3 is 3.33 bits per heavy atom. The maximum absolute atomic E-state index is 4.44. The third-order valence-corrected chi connectivity index (χ3v) is 2.68. The summed E-state index contributed by atoms with van der Waals surface area (Å²) in [5, 5.41) is 0. The van der Waals surface area contributed by atoms with E-state index in [1.807, 2.05) is 0 Å². The lowest BCUT2D eigenvalue weighted by Gasteiger charge is -2.21. The first-order valence-corrected chi connectivity index (χ1v) is 4.80. The van der Waals surface area contributed by atoms with E-state index in [9.17, 15) is 0 Å². The smallest absolute Gasteiger partial charge is 0.0747 e. The summed E-state index contributed by atoms with van der Waals surface area (Å²) in [6.07, 6.45) is 12.4. The molecule has 2 atom stereocenters. The van der Waals surface area contributed by atoms with Crippen molar-refractivity contribution in [1.29, 1.82) is 0 Å². The molecule has 0 aromatic carbocycles. The highest BCUT2D eigenvalue weighted by Crippen LogP contribution is 2.31. The second-order valence-corrected chi connectivity index (χ2v) is 3.54.